The van der Waals surface area contributed by atoms with Crippen molar-refractivity contribution in [2.24, 2.45) is 0 Å². The fourth-order valence-corrected chi connectivity index (χ4v) is 4.04. The van der Waals surface area contributed by atoms with Crippen molar-refractivity contribution < 1.29 is 40.1 Å². The summed E-state index contributed by atoms with van der Waals surface area (Å²) in [6.45, 7) is -1.09. The topological polar surface area (TPSA) is 234 Å². The van der Waals surface area contributed by atoms with E-state index in [0.29, 0.717) is 0 Å². The highest BCUT2D eigenvalue weighted by Gasteiger charge is 2.44. The largest absolute Gasteiger partial charge is 0.394 e. The van der Waals surface area contributed by atoms with Gasteiger partial charge in [-0.1, -0.05) is 0 Å². The number of anilines is 2. The third-order valence-corrected chi connectivity index (χ3v) is 5.93. The fraction of sp³-hybridized carbons (Fsp3) is 0.526. The quantitative estimate of drug-likeness (QED) is 0.166. The van der Waals surface area contributed by atoms with Crippen molar-refractivity contribution >= 4 is 29.0 Å². The maximum atomic E-state index is 12.4. The van der Waals surface area contributed by atoms with Crippen molar-refractivity contribution in [1.82, 2.24) is 19.1 Å². The number of ether oxygens (including phenoxy) is 2. The molecule has 0 spiro atoms. The van der Waals surface area contributed by atoms with Crippen LogP contribution >= 0.6 is 12.2 Å². The molecule has 4 heterocycles. The molecule has 0 aliphatic carbocycles. The molecule has 4 rings (SSSR count). The summed E-state index contributed by atoms with van der Waals surface area (Å²) in [6.07, 6.45) is -7.77. The van der Waals surface area contributed by atoms with Crippen LogP contribution < -0.4 is 22.0 Å². The first-order chi connectivity index (χ1) is 17.1. The monoisotopic (exact) mass is 528 g/mol. The van der Waals surface area contributed by atoms with Crippen molar-refractivity contribution in [3.8, 4) is 0 Å². The number of hydrogen-bond donors (Lipinski definition) is 8. The van der Waals surface area contributed by atoms with Gasteiger partial charge in [-0.05, 0) is 24.4 Å². The number of rotatable bonds is 6. The van der Waals surface area contributed by atoms with Crippen LogP contribution in [0.15, 0.2) is 34.1 Å². The normalized spacial score (nSPS) is 31.9. The van der Waals surface area contributed by atoms with E-state index in [9.17, 15) is 40.2 Å². The molecule has 2 fully saturated rings. The van der Waals surface area contributed by atoms with Crippen LogP contribution in [-0.2, 0) is 9.47 Å². The highest BCUT2D eigenvalue weighted by atomic mass is 32.1. The van der Waals surface area contributed by atoms with E-state index in [1.807, 2.05) is 0 Å². The zero-order valence-electron chi connectivity index (χ0n) is 18.4. The minimum Gasteiger partial charge on any atom is -0.394 e. The molecule has 2 aromatic heterocycles. The average molecular weight is 529 g/mol. The van der Waals surface area contributed by atoms with E-state index in [1.54, 1.807) is 0 Å². The van der Waals surface area contributed by atoms with E-state index in [0.717, 1.165) is 9.13 Å². The Morgan fingerprint density at radius 3 is 1.50 bits per heavy atom. The van der Waals surface area contributed by atoms with Gasteiger partial charge in [0.15, 0.2) is 17.6 Å². The molecule has 0 radical (unpaired) electrons. The molecule has 196 valence electrons. The molecule has 0 saturated carbocycles. The smallest absolute Gasteiger partial charge is 0.351 e. The summed E-state index contributed by atoms with van der Waals surface area (Å²) in [5, 5.41) is 63.5. The Kier molecular flexibility index (Phi) is 7.73. The van der Waals surface area contributed by atoms with Crippen molar-refractivity contribution in [1.29, 1.82) is 0 Å². The van der Waals surface area contributed by atoms with Crippen molar-refractivity contribution in [2.75, 3.05) is 23.8 Å². The number of hydrogen-bond acceptors (Lipinski definition) is 13. The van der Waals surface area contributed by atoms with Gasteiger partial charge in [-0.3, -0.25) is 9.13 Å². The summed E-state index contributed by atoms with van der Waals surface area (Å²) in [5.41, 5.74) is -1.67. The molecule has 16 nitrogen and oxygen atoms in total. The van der Waals surface area contributed by atoms with E-state index in [1.165, 1.54) is 24.5 Å². The van der Waals surface area contributed by atoms with Crippen molar-refractivity contribution in [2.45, 2.75) is 49.1 Å². The minimum atomic E-state index is -1.45. The number of aliphatic hydroxyl groups excluding tert-OH is 6. The van der Waals surface area contributed by atoms with Crippen LogP contribution in [0.1, 0.15) is 12.5 Å². The number of aliphatic hydroxyl groups is 6. The first-order valence-corrected chi connectivity index (χ1v) is 11.1. The van der Waals surface area contributed by atoms with Gasteiger partial charge in [0, 0.05) is 12.4 Å². The Morgan fingerprint density at radius 2 is 1.19 bits per heavy atom. The zero-order valence-corrected chi connectivity index (χ0v) is 19.2. The van der Waals surface area contributed by atoms with Gasteiger partial charge < -0.3 is 50.7 Å². The maximum absolute atomic E-state index is 12.4. The molecule has 8 atom stereocenters. The molecule has 17 heteroatoms. The maximum Gasteiger partial charge on any atom is 0.351 e. The summed E-state index contributed by atoms with van der Waals surface area (Å²) in [7, 11) is 0. The van der Waals surface area contributed by atoms with Crippen LogP contribution in [0.25, 0.3) is 0 Å². The zero-order chi connectivity index (χ0) is 26.1. The second-order valence-corrected chi connectivity index (χ2v) is 8.45. The Morgan fingerprint density at radius 1 is 0.806 bits per heavy atom. The standard InChI is InChI=1S/C19H24N6O10S/c26-5-7-11(28)13(30)15(34-7)24-3-1-9(22-18(24)32)20-17(36)21-10-2-4-25(19(33)23-10)16-14(31)12(29)8(6-27)35-16/h1-4,7-8,11-16,26-31H,5-6H2,(H2,20,21,22,23,32,33,36). The lowest BCUT2D eigenvalue weighted by Gasteiger charge is -2.18. The Hall–Kier alpha value is -2.87. The molecular weight excluding hydrogens is 504 g/mol. The SMILES string of the molecule is O=c1nc(NC(=S)Nc2ccn(C3OC(CO)C(O)C3O)c(=O)n2)ccn1C1OC(CO)C(O)C1O. The van der Waals surface area contributed by atoms with Crippen LogP contribution in [0.4, 0.5) is 11.6 Å². The third-order valence-electron chi connectivity index (χ3n) is 5.73. The molecule has 2 aliphatic heterocycles. The molecule has 0 amide bonds. The van der Waals surface area contributed by atoms with Crippen molar-refractivity contribution in [3.05, 3.63) is 45.5 Å². The van der Waals surface area contributed by atoms with Crippen LogP contribution in [0, 0.1) is 0 Å². The van der Waals surface area contributed by atoms with Crippen LogP contribution in [0.2, 0.25) is 0 Å². The van der Waals surface area contributed by atoms with Gasteiger partial charge in [-0.15, -0.1) is 0 Å². The Labute approximate surface area is 207 Å². The van der Waals surface area contributed by atoms with E-state index >= 15 is 0 Å². The third kappa shape index (κ3) is 5.01. The summed E-state index contributed by atoms with van der Waals surface area (Å²) in [4.78, 5) is 32.4. The molecule has 2 aliphatic rings. The number of aromatic nitrogens is 4. The van der Waals surface area contributed by atoms with Crippen LogP contribution in [0.3, 0.4) is 0 Å². The van der Waals surface area contributed by atoms with Gasteiger partial charge in [0.25, 0.3) is 0 Å². The summed E-state index contributed by atoms with van der Waals surface area (Å²) >= 11 is 5.14. The Balaban J connectivity index is 1.41. The van der Waals surface area contributed by atoms with Gasteiger partial charge in [0.05, 0.1) is 13.2 Å². The lowest BCUT2D eigenvalue weighted by atomic mass is 10.1. The first-order valence-electron chi connectivity index (χ1n) is 10.7. The lowest BCUT2D eigenvalue weighted by Crippen LogP contribution is -2.36. The summed E-state index contributed by atoms with van der Waals surface area (Å²) < 4.78 is 12.5. The van der Waals surface area contributed by atoms with Gasteiger partial charge in [-0.2, -0.15) is 9.97 Å². The summed E-state index contributed by atoms with van der Waals surface area (Å²) in [5.74, 6) is 0.0284. The van der Waals surface area contributed by atoms with Gasteiger partial charge in [-0.25, -0.2) is 9.59 Å². The highest BCUT2D eigenvalue weighted by molar-refractivity contribution is 7.80. The second-order valence-electron chi connectivity index (χ2n) is 8.04. The first kappa shape index (κ1) is 26.2. The predicted octanol–water partition coefficient (Wildman–Crippen LogP) is -4.17. The number of nitrogens with zero attached hydrogens (tertiary/aromatic N) is 4. The van der Waals surface area contributed by atoms with E-state index < -0.39 is 73.7 Å². The number of thiocarbonyl (C=S) groups is 1. The molecular formula is C19H24N6O10S. The molecule has 8 N–H and O–H groups in total. The van der Waals surface area contributed by atoms with Gasteiger partial charge in [0.1, 0.15) is 48.3 Å². The van der Waals surface area contributed by atoms with Crippen LogP contribution in [-0.4, -0.2) is 105 Å². The lowest BCUT2D eigenvalue weighted by molar-refractivity contribution is -0.0549. The average Bonchev–Trinajstić information content (AvgIpc) is 3.29. The second kappa shape index (κ2) is 10.6. The molecule has 0 bridgehead atoms. The van der Waals surface area contributed by atoms with E-state index in [-0.39, 0.29) is 16.7 Å². The molecule has 2 aromatic rings. The van der Waals surface area contributed by atoms with Gasteiger partial charge in [0.2, 0.25) is 0 Å². The van der Waals surface area contributed by atoms with E-state index in [4.69, 9.17) is 21.7 Å². The predicted molar refractivity (Wildman–Crippen MR) is 123 cm³/mol. The minimum absolute atomic E-state index is 0.0142. The van der Waals surface area contributed by atoms with Crippen LogP contribution in [0.5, 0.6) is 0 Å². The fourth-order valence-electron chi connectivity index (χ4n) is 3.84. The number of nitrogens with one attached hydrogen (secondary N) is 2. The Bertz CT molecular complexity index is 1130. The van der Waals surface area contributed by atoms with Crippen molar-refractivity contribution in [3.63, 3.8) is 0 Å². The summed E-state index contributed by atoms with van der Waals surface area (Å²) in [6, 6.07) is 2.69. The molecule has 36 heavy (non-hydrogen) atoms. The van der Waals surface area contributed by atoms with Gasteiger partial charge >= 0.3 is 11.4 Å². The molecule has 0 aromatic carbocycles. The highest BCUT2D eigenvalue weighted by Crippen LogP contribution is 2.29. The molecule has 2 saturated heterocycles. The van der Waals surface area contributed by atoms with E-state index in [2.05, 4.69) is 20.6 Å². The molecule has 8 unspecified atom stereocenters.